The molecule has 0 atom stereocenters. The van der Waals surface area contributed by atoms with Gasteiger partial charge in [0.15, 0.2) is 11.5 Å². The van der Waals surface area contributed by atoms with Crippen LogP contribution in [0.1, 0.15) is 5.56 Å². The Morgan fingerprint density at radius 3 is 2.43 bits per heavy atom. The minimum atomic E-state index is -1.20. The zero-order valence-corrected chi connectivity index (χ0v) is 11.8. The van der Waals surface area contributed by atoms with Crippen molar-refractivity contribution in [3.8, 4) is 11.4 Å². The van der Waals surface area contributed by atoms with Gasteiger partial charge >= 0.3 is 5.97 Å². The third-order valence-corrected chi connectivity index (χ3v) is 3.12. The minimum Gasteiger partial charge on any atom is -0.477 e. The van der Waals surface area contributed by atoms with Crippen LogP contribution in [0, 0.1) is 5.82 Å². The van der Waals surface area contributed by atoms with Crippen LogP contribution in [0.2, 0.25) is 0 Å². The molecule has 0 spiro atoms. The summed E-state index contributed by atoms with van der Waals surface area (Å²) in [6, 6.07) is 14.5. The van der Waals surface area contributed by atoms with Crippen molar-refractivity contribution in [2.75, 3.05) is 0 Å². The number of hydrogen-bond acceptors (Lipinski definition) is 4. The van der Waals surface area contributed by atoms with Crippen LogP contribution in [0.25, 0.3) is 23.2 Å². The number of halogens is 1. The Morgan fingerprint density at radius 1 is 1.09 bits per heavy atom. The molecule has 1 heterocycles. The molecule has 0 bridgehead atoms. The summed E-state index contributed by atoms with van der Waals surface area (Å²) in [6.07, 6.45) is 1.38. The molecule has 1 N–H and O–H groups in total. The summed E-state index contributed by atoms with van der Waals surface area (Å²) in [4.78, 5) is 11.6. The van der Waals surface area contributed by atoms with Crippen molar-refractivity contribution in [2.24, 2.45) is 0 Å². The van der Waals surface area contributed by atoms with Gasteiger partial charge in [-0.3, -0.25) is 0 Å². The molecule has 3 rings (SSSR count). The SMILES string of the molecule is O=C(O)C(=Cc1ccc(F)cc1)n1nnnc1-c1ccccc1. The number of tetrazole rings is 1. The van der Waals surface area contributed by atoms with Gasteiger partial charge < -0.3 is 5.11 Å². The summed E-state index contributed by atoms with van der Waals surface area (Å²) >= 11 is 0. The molecule has 2 aromatic carbocycles. The summed E-state index contributed by atoms with van der Waals surface area (Å²) in [7, 11) is 0. The second kappa shape index (κ2) is 6.18. The Balaban J connectivity index is 2.09. The lowest BCUT2D eigenvalue weighted by molar-refractivity contribution is -0.130. The van der Waals surface area contributed by atoms with Crippen LogP contribution >= 0.6 is 0 Å². The van der Waals surface area contributed by atoms with Crippen LogP contribution in [-0.4, -0.2) is 31.3 Å². The van der Waals surface area contributed by atoms with Crippen molar-refractivity contribution in [3.05, 3.63) is 66.0 Å². The van der Waals surface area contributed by atoms with Crippen LogP contribution in [0.5, 0.6) is 0 Å². The van der Waals surface area contributed by atoms with Gasteiger partial charge in [-0.05, 0) is 34.2 Å². The van der Waals surface area contributed by atoms with Crippen LogP contribution in [0.3, 0.4) is 0 Å². The van der Waals surface area contributed by atoms with Crippen LogP contribution < -0.4 is 0 Å². The summed E-state index contributed by atoms with van der Waals surface area (Å²) in [5.41, 5.74) is 1.07. The zero-order chi connectivity index (χ0) is 16.2. The molecule has 0 amide bonds. The Morgan fingerprint density at radius 2 is 1.78 bits per heavy atom. The van der Waals surface area contributed by atoms with Gasteiger partial charge in [-0.25, -0.2) is 9.18 Å². The molecule has 0 fully saturated rings. The summed E-state index contributed by atoms with van der Waals surface area (Å²) in [6.45, 7) is 0. The molecule has 7 heteroatoms. The maximum Gasteiger partial charge on any atom is 0.354 e. The average molecular weight is 310 g/mol. The molecule has 0 saturated heterocycles. The van der Waals surface area contributed by atoms with Gasteiger partial charge in [-0.2, -0.15) is 4.68 Å². The van der Waals surface area contributed by atoms with E-state index in [1.165, 1.54) is 30.3 Å². The highest BCUT2D eigenvalue weighted by molar-refractivity contribution is 6.14. The predicted octanol–water partition coefficient (Wildman–Crippen LogP) is 2.56. The first kappa shape index (κ1) is 14.6. The third kappa shape index (κ3) is 3.13. The Kier molecular flexibility index (Phi) is 3.92. The van der Waals surface area contributed by atoms with E-state index in [-0.39, 0.29) is 5.70 Å². The fraction of sp³-hybridized carbons (Fsp3) is 0. The number of carboxylic acids is 1. The van der Waals surface area contributed by atoms with Crippen LogP contribution in [0.4, 0.5) is 4.39 Å². The summed E-state index contributed by atoms with van der Waals surface area (Å²) in [5, 5.41) is 20.7. The smallest absolute Gasteiger partial charge is 0.354 e. The molecular formula is C16H11FN4O2. The quantitative estimate of drug-likeness (QED) is 0.749. The average Bonchev–Trinajstić information content (AvgIpc) is 3.04. The van der Waals surface area contributed by atoms with Gasteiger partial charge in [0.25, 0.3) is 0 Å². The lowest BCUT2D eigenvalue weighted by atomic mass is 10.1. The molecule has 0 aliphatic carbocycles. The molecule has 1 aromatic heterocycles. The second-order valence-electron chi connectivity index (χ2n) is 4.67. The number of nitrogens with zero attached hydrogens (tertiary/aromatic N) is 4. The van der Waals surface area contributed by atoms with E-state index in [2.05, 4.69) is 15.5 Å². The first-order chi connectivity index (χ1) is 11.1. The molecule has 3 aromatic rings. The van der Waals surface area contributed by atoms with Crippen molar-refractivity contribution in [1.82, 2.24) is 20.2 Å². The molecule has 0 unspecified atom stereocenters. The number of carboxylic acid groups (broad SMARTS) is 1. The standard InChI is InChI=1S/C16H11FN4O2/c17-13-8-6-11(7-9-13)10-14(16(22)23)21-15(18-19-20-21)12-4-2-1-3-5-12/h1-10H,(H,22,23). The van der Waals surface area contributed by atoms with E-state index in [0.29, 0.717) is 17.0 Å². The largest absolute Gasteiger partial charge is 0.477 e. The fourth-order valence-corrected chi connectivity index (χ4v) is 2.05. The molecule has 23 heavy (non-hydrogen) atoms. The molecule has 0 radical (unpaired) electrons. The summed E-state index contributed by atoms with van der Waals surface area (Å²) in [5.74, 6) is -1.29. The number of aliphatic carboxylic acids is 1. The highest BCUT2D eigenvalue weighted by Crippen LogP contribution is 2.20. The van der Waals surface area contributed by atoms with E-state index in [9.17, 15) is 14.3 Å². The Labute approximate surface area is 130 Å². The summed E-state index contributed by atoms with van der Waals surface area (Å²) < 4.78 is 14.1. The van der Waals surface area contributed by atoms with Gasteiger partial charge in [0.2, 0.25) is 0 Å². The molecule has 0 aliphatic rings. The molecular weight excluding hydrogens is 299 g/mol. The lowest BCUT2D eigenvalue weighted by Crippen LogP contribution is -2.11. The van der Waals surface area contributed by atoms with Crippen molar-refractivity contribution >= 4 is 17.7 Å². The Bertz CT molecular complexity index is 857. The zero-order valence-electron chi connectivity index (χ0n) is 11.8. The van der Waals surface area contributed by atoms with Gasteiger partial charge in [-0.15, -0.1) is 5.10 Å². The second-order valence-corrected chi connectivity index (χ2v) is 4.67. The van der Waals surface area contributed by atoms with Gasteiger partial charge in [0, 0.05) is 5.56 Å². The van der Waals surface area contributed by atoms with E-state index in [1.54, 1.807) is 24.3 Å². The predicted molar refractivity (Wildman–Crippen MR) is 81.5 cm³/mol. The van der Waals surface area contributed by atoms with Crippen molar-refractivity contribution in [1.29, 1.82) is 0 Å². The van der Waals surface area contributed by atoms with E-state index in [1.807, 2.05) is 6.07 Å². The first-order valence-corrected chi connectivity index (χ1v) is 6.70. The van der Waals surface area contributed by atoms with Crippen LogP contribution in [-0.2, 0) is 4.79 Å². The maximum absolute atomic E-state index is 13.0. The van der Waals surface area contributed by atoms with Gasteiger partial charge in [0.05, 0.1) is 0 Å². The molecule has 0 aliphatic heterocycles. The molecule has 6 nitrogen and oxygen atoms in total. The van der Waals surface area contributed by atoms with Crippen molar-refractivity contribution < 1.29 is 14.3 Å². The maximum atomic E-state index is 13.0. The van der Waals surface area contributed by atoms with Gasteiger partial charge in [-0.1, -0.05) is 42.5 Å². The van der Waals surface area contributed by atoms with Crippen molar-refractivity contribution in [3.63, 3.8) is 0 Å². The topological polar surface area (TPSA) is 80.9 Å². The lowest BCUT2D eigenvalue weighted by Gasteiger charge is -2.05. The monoisotopic (exact) mass is 310 g/mol. The normalized spacial score (nSPS) is 11.4. The molecule has 0 saturated carbocycles. The number of rotatable bonds is 4. The molecule has 114 valence electrons. The minimum absolute atomic E-state index is 0.138. The Hall–Kier alpha value is -3.35. The number of benzene rings is 2. The van der Waals surface area contributed by atoms with Crippen molar-refractivity contribution in [2.45, 2.75) is 0 Å². The van der Waals surface area contributed by atoms with Gasteiger partial charge in [0.1, 0.15) is 5.82 Å². The number of carbonyl (C=O) groups is 1. The highest BCUT2D eigenvalue weighted by Gasteiger charge is 2.18. The number of hydrogen-bond donors (Lipinski definition) is 1. The first-order valence-electron chi connectivity index (χ1n) is 6.70. The van der Waals surface area contributed by atoms with Crippen LogP contribution in [0.15, 0.2) is 54.6 Å². The van der Waals surface area contributed by atoms with E-state index >= 15 is 0 Å². The fourth-order valence-electron chi connectivity index (χ4n) is 2.05. The van der Waals surface area contributed by atoms with E-state index in [4.69, 9.17) is 0 Å². The van der Waals surface area contributed by atoms with E-state index in [0.717, 1.165) is 4.68 Å². The highest BCUT2D eigenvalue weighted by atomic mass is 19.1. The van der Waals surface area contributed by atoms with E-state index < -0.39 is 11.8 Å². The number of aromatic nitrogens is 4. The third-order valence-electron chi connectivity index (χ3n) is 3.12.